The van der Waals surface area contributed by atoms with Crippen molar-refractivity contribution in [2.75, 3.05) is 4.90 Å². The largest absolute Gasteiger partial charge is 0.310 e. The average molecular weight is 840 g/mol. The molecule has 0 spiro atoms. The fraction of sp³-hybridized carbons (Fsp3) is 0.333. The molecule has 1 fully saturated rings. The van der Waals surface area contributed by atoms with Crippen molar-refractivity contribution in [1.82, 2.24) is 0 Å². The molecule has 0 atom stereocenters. The van der Waals surface area contributed by atoms with Crippen LogP contribution < -0.4 is 4.90 Å². The summed E-state index contributed by atoms with van der Waals surface area (Å²) in [7, 11) is 0. The highest BCUT2D eigenvalue weighted by molar-refractivity contribution is 5.88. The lowest BCUT2D eigenvalue weighted by atomic mass is 9.78. The highest BCUT2D eigenvalue weighted by Crippen LogP contribution is 2.51. The van der Waals surface area contributed by atoms with Crippen molar-refractivity contribution in [2.24, 2.45) is 0 Å². The predicted molar refractivity (Wildman–Crippen MR) is 277 cm³/mol. The maximum atomic E-state index is 2.49. The summed E-state index contributed by atoms with van der Waals surface area (Å²) in [5.74, 6) is 0.696. The number of benzene rings is 7. The molecule has 1 nitrogen and oxygen atoms in total. The first-order chi connectivity index (χ1) is 30.3. The molecule has 1 saturated carbocycles. The Balaban J connectivity index is 1.18. The number of rotatable bonds is 7. The minimum Gasteiger partial charge on any atom is -0.310 e. The zero-order valence-electron chi connectivity index (χ0n) is 40.5. The molecular formula is C63H69N. The summed E-state index contributed by atoms with van der Waals surface area (Å²) in [4.78, 5) is 2.49. The van der Waals surface area contributed by atoms with Gasteiger partial charge in [0.05, 0.1) is 0 Å². The molecule has 7 aromatic rings. The van der Waals surface area contributed by atoms with Crippen LogP contribution in [0, 0.1) is 0 Å². The SMILES string of the molecule is CC(C)(C)c1cc(-c2cccc(N(c3cccc(-c4ccc(C5CCCCC5)cc4)c3)c3ccc4c(c3)C(C)(C)c3ccccc3-4)c2)cc(-c2cc(C(C)(C)C)cc(C(C)(C)C)c2)c1. The van der Waals surface area contributed by atoms with Gasteiger partial charge in [-0.3, -0.25) is 0 Å². The van der Waals surface area contributed by atoms with E-state index in [2.05, 4.69) is 233 Å². The average Bonchev–Trinajstić information content (AvgIpc) is 3.51. The Morgan fingerprint density at radius 2 is 0.875 bits per heavy atom. The summed E-state index contributed by atoms with van der Waals surface area (Å²) < 4.78 is 0. The van der Waals surface area contributed by atoms with Gasteiger partial charge in [-0.25, -0.2) is 0 Å². The van der Waals surface area contributed by atoms with E-state index in [0.29, 0.717) is 5.92 Å². The molecule has 326 valence electrons. The van der Waals surface area contributed by atoms with Gasteiger partial charge in [-0.2, -0.15) is 0 Å². The van der Waals surface area contributed by atoms with Crippen LogP contribution in [0.4, 0.5) is 17.1 Å². The highest BCUT2D eigenvalue weighted by atomic mass is 15.1. The van der Waals surface area contributed by atoms with Crippen molar-refractivity contribution >= 4 is 17.1 Å². The molecule has 0 amide bonds. The molecule has 0 unspecified atom stereocenters. The van der Waals surface area contributed by atoms with Crippen LogP contribution in [0.3, 0.4) is 0 Å². The van der Waals surface area contributed by atoms with Crippen molar-refractivity contribution in [3.05, 3.63) is 185 Å². The van der Waals surface area contributed by atoms with E-state index in [1.54, 1.807) is 0 Å². The Morgan fingerprint density at radius 3 is 1.45 bits per heavy atom. The van der Waals surface area contributed by atoms with Gasteiger partial charge in [-0.1, -0.05) is 205 Å². The summed E-state index contributed by atoms with van der Waals surface area (Å²) >= 11 is 0. The van der Waals surface area contributed by atoms with Gasteiger partial charge in [-0.15, -0.1) is 0 Å². The quantitative estimate of drug-likeness (QED) is 0.155. The molecular weight excluding hydrogens is 771 g/mol. The third-order valence-electron chi connectivity index (χ3n) is 14.5. The minimum atomic E-state index is -0.113. The van der Waals surface area contributed by atoms with Gasteiger partial charge in [0, 0.05) is 22.5 Å². The van der Waals surface area contributed by atoms with E-state index in [9.17, 15) is 0 Å². The van der Waals surface area contributed by atoms with Crippen LogP contribution in [0.25, 0.3) is 44.5 Å². The summed E-state index contributed by atoms with van der Waals surface area (Å²) in [5.41, 5.74) is 21.9. The minimum absolute atomic E-state index is 0.0313. The first-order valence-corrected chi connectivity index (χ1v) is 24.0. The topological polar surface area (TPSA) is 3.24 Å². The third-order valence-corrected chi connectivity index (χ3v) is 14.5. The lowest BCUT2D eigenvalue weighted by Gasteiger charge is -2.29. The molecule has 64 heavy (non-hydrogen) atoms. The van der Waals surface area contributed by atoms with Crippen LogP contribution in [0.15, 0.2) is 152 Å². The van der Waals surface area contributed by atoms with Gasteiger partial charge in [0.2, 0.25) is 0 Å². The van der Waals surface area contributed by atoms with Gasteiger partial charge in [-0.05, 0) is 155 Å². The first-order valence-electron chi connectivity index (χ1n) is 24.0. The normalized spacial score (nSPS) is 15.2. The molecule has 1 heteroatoms. The molecule has 0 bridgehead atoms. The van der Waals surface area contributed by atoms with Crippen molar-refractivity contribution in [2.45, 2.75) is 136 Å². The maximum absolute atomic E-state index is 2.49. The summed E-state index contributed by atoms with van der Waals surface area (Å²) in [5, 5.41) is 0. The van der Waals surface area contributed by atoms with Crippen LogP contribution in [0.5, 0.6) is 0 Å². The Kier molecular flexibility index (Phi) is 11.2. The van der Waals surface area contributed by atoms with Gasteiger partial charge in [0.25, 0.3) is 0 Å². The zero-order chi connectivity index (χ0) is 45.2. The van der Waals surface area contributed by atoms with E-state index in [0.717, 1.165) is 11.4 Å². The van der Waals surface area contributed by atoms with E-state index in [-0.39, 0.29) is 21.7 Å². The molecule has 7 aromatic carbocycles. The monoisotopic (exact) mass is 840 g/mol. The second-order valence-electron chi connectivity index (χ2n) is 22.6. The molecule has 9 rings (SSSR count). The van der Waals surface area contributed by atoms with Crippen molar-refractivity contribution < 1.29 is 0 Å². The van der Waals surface area contributed by atoms with Crippen molar-refractivity contribution in [3.63, 3.8) is 0 Å². The fourth-order valence-corrected chi connectivity index (χ4v) is 10.4. The molecule has 0 radical (unpaired) electrons. The second-order valence-corrected chi connectivity index (χ2v) is 22.6. The van der Waals surface area contributed by atoms with Gasteiger partial charge < -0.3 is 4.90 Å². The Hall–Kier alpha value is -5.66. The predicted octanol–water partition coefficient (Wildman–Crippen LogP) is 18.4. The first kappa shape index (κ1) is 43.6. The lowest BCUT2D eigenvalue weighted by molar-refractivity contribution is 0.443. The summed E-state index contributed by atoms with van der Waals surface area (Å²) in [6.45, 7) is 25.8. The van der Waals surface area contributed by atoms with E-state index >= 15 is 0 Å². The van der Waals surface area contributed by atoms with Gasteiger partial charge in [0.15, 0.2) is 0 Å². The van der Waals surface area contributed by atoms with E-state index in [4.69, 9.17) is 0 Å². The smallest absolute Gasteiger partial charge is 0.0467 e. The lowest BCUT2D eigenvalue weighted by Crippen LogP contribution is -2.16. The number of fused-ring (bicyclic) bond motifs is 3. The molecule has 0 N–H and O–H groups in total. The number of nitrogens with zero attached hydrogens (tertiary/aromatic N) is 1. The van der Waals surface area contributed by atoms with Gasteiger partial charge >= 0.3 is 0 Å². The molecule has 2 aliphatic carbocycles. The fourth-order valence-electron chi connectivity index (χ4n) is 10.4. The molecule has 2 aliphatic rings. The van der Waals surface area contributed by atoms with Crippen LogP contribution in [0.2, 0.25) is 0 Å². The van der Waals surface area contributed by atoms with Crippen LogP contribution in [-0.4, -0.2) is 0 Å². The second kappa shape index (κ2) is 16.4. The molecule has 0 aromatic heterocycles. The van der Waals surface area contributed by atoms with Crippen molar-refractivity contribution in [1.29, 1.82) is 0 Å². The van der Waals surface area contributed by atoms with E-state index in [1.165, 1.54) is 116 Å². The summed E-state index contributed by atoms with van der Waals surface area (Å²) in [6.07, 6.45) is 6.71. The standard InChI is InChI=1S/C63H69N/c1-60(2,3)50-34-47(33-48(35-50)49-36-51(61(4,5)6)40-52(37-49)62(7,8)9)46-22-18-24-54(39-46)64(55-31-32-57-56-25-15-16-26-58(56)63(10,11)59(57)41-55)53-23-17-21-45(38-53)44-29-27-43(28-30-44)42-19-13-12-14-20-42/h15-18,21-42H,12-14,19-20H2,1-11H3. The molecule has 0 aliphatic heterocycles. The maximum Gasteiger partial charge on any atom is 0.0467 e. The van der Waals surface area contributed by atoms with Crippen LogP contribution in [-0.2, 0) is 21.7 Å². The number of hydrogen-bond acceptors (Lipinski definition) is 1. The Morgan fingerprint density at radius 1 is 0.391 bits per heavy atom. The van der Waals surface area contributed by atoms with E-state index in [1.807, 2.05) is 0 Å². The molecule has 0 heterocycles. The zero-order valence-corrected chi connectivity index (χ0v) is 40.5. The van der Waals surface area contributed by atoms with Crippen LogP contribution >= 0.6 is 0 Å². The van der Waals surface area contributed by atoms with Crippen molar-refractivity contribution in [3.8, 4) is 44.5 Å². The van der Waals surface area contributed by atoms with Crippen LogP contribution in [0.1, 0.15) is 148 Å². The Bertz CT molecular complexity index is 2790. The summed E-state index contributed by atoms with van der Waals surface area (Å²) in [6, 6.07) is 58.6. The van der Waals surface area contributed by atoms with Gasteiger partial charge in [0.1, 0.15) is 0 Å². The number of anilines is 3. The van der Waals surface area contributed by atoms with E-state index < -0.39 is 0 Å². The third kappa shape index (κ3) is 8.52. The number of hydrogen-bond donors (Lipinski definition) is 0. The molecule has 0 saturated heterocycles. The Labute approximate surface area is 385 Å². The highest BCUT2D eigenvalue weighted by Gasteiger charge is 2.36.